The van der Waals surface area contributed by atoms with Crippen LogP contribution < -0.4 is 9.64 Å². The van der Waals surface area contributed by atoms with Crippen molar-refractivity contribution < 1.29 is 9.84 Å². The molecule has 1 aromatic carbocycles. The number of methoxy groups -OCH3 is 1. The van der Waals surface area contributed by atoms with Crippen LogP contribution in [0.2, 0.25) is 0 Å². The molecular formula is C14H23NO2. The van der Waals surface area contributed by atoms with Gasteiger partial charge in [0.1, 0.15) is 5.75 Å². The second kappa shape index (κ2) is 6.50. The highest BCUT2D eigenvalue weighted by Gasteiger charge is 2.10. The van der Waals surface area contributed by atoms with Gasteiger partial charge >= 0.3 is 0 Å². The molecule has 0 aliphatic heterocycles. The maximum absolute atomic E-state index is 8.85. The second-order valence-corrected chi connectivity index (χ2v) is 4.58. The van der Waals surface area contributed by atoms with E-state index in [-0.39, 0.29) is 6.61 Å². The predicted molar refractivity (Wildman–Crippen MR) is 72.1 cm³/mol. The lowest BCUT2D eigenvalue weighted by Gasteiger charge is -2.22. The largest absolute Gasteiger partial charge is 0.495 e. The molecule has 17 heavy (non-hydrogen) atoms. The Morgan fingerprint density at radius 1 is 1.35 bits per heavy atom. The highest BCUT2D eigenvalue weighted by Crippen LogP contribution is 2.31. The van der Waals surface area contributed by atoms with Crippen molar-refractivity contribution in [2.75, 3.05) is 32.2 Å². The standard InChI is InChI=1S/C14H23NO2/c1-11(2)12-6-7-13(14(10-12)17-4)15(3)8-5-9-16/h6-7,10-11,16H,5,8-9H2,1-4H3. The average molecular weight is 237 g/mol. The summed E-state index contributed by atoms with van der Waals surface area (Å²) in [5.41, 5.74) is 2.35. The van der Waals surface area contributed by atoms with Crippen molar-refractivity contribution in [3.8, 4) is 5.75 Å². The van der Waals surface area contributed by atoms with E-state index in [1.807, 2.05) is 7.05 Å². The second-order valence-electron chi connectivity index (χ2n) is 4.58. The van der Waals surface area contributed by atoms with Crippen LogP contribution in [0.5, 0.6) is 5.75 Å². The van der Waals surface area contributed by atoms with Crippen LogP contribution in [0.4, 0.5) is 5.69 Å². The zero-order chi connectivity index (χ0) is 12.8. The minimum Gasteiger partial charge on any atom is -0.495 e. The third-order valence-corrected chi connectivity index (χ3v) is 2.93. The molecule has 0 fully saturated rings. The first-order chi connectivity index (χ1) is 8.10. The maximum Gasteiger partial charge on any atom is 0.142 e. The molecule has 0 amide bonds. The van der Waals surface area contributed by atoms with Gasteiger partial charge in [-0.1, -0.05) is 19.9 Å². The Hall–Kier alpha value is -1.22. The van der Waals surface area contributed by atoms with Crippen molar-refractivity contribution in [2.24, 2.45) is 0 Å². The highest BCUT2D eigenvalue weighted by molar-refractivity contribution is 5.59. The van der Waals surface area contributed by atoms with Gasteiger partial charge in [-0.25, -0.2) is 0 Å². The summed E-state index contributed by atoms with van der Waals surface area (Å²) in [7, 11) is 3.71. The lowest BCUT2D eigenvalue weighted by molar-refractivity contribution is 0.290. The molecule has 0 atom stereocenters. The van der Waals surface area contributed by atoms with Crippen LogP contribution in [0.25, 0.3) is 0 Å². The van der Waals surface area contributed by atoms with E-state index in [1.165, 1.54) is 5.56 Å². The first-order valence-corrected chi connectivity index (χ1v) is 6.10. The zero-order valence-corrected chi connectivity index (χ0v) is 11.2. The highest BCUT2D eigenvalue weighted by atomic mass is 16.5. The molecule has 0 saturated carbocycles. The molecule has 0 heterocycles. The van der Waals surface area contributed by atoms with Gasteiger partial charge in [0.05, 0.1) is 12.8 Å². The number of nitrogens with zero attached hydrogens (tertiary/aromatic N) is 1. The van der Waals surface area contributed by atoms with Gasteiger partial charge in [-0.3, -0.25) is 0 Å². The summed E-state index contributed by atoms with van der Waals surface area (Å²) in [5, 5.41) is 8.85. The normalized spacial score (nSPS) is 10.7. The number of hydrogen-bond donors (Lipinski definition) is 1. The lowest BCUT2D eigenvalue weighted by atomic mass is 10.0. The molecule has 0 unspecified atom stereocenters. The van der Waals surface area contributed by atoms with E-state index in [1.54, 1.807) is 7.11 Å². The predicted octanol–water partition coefficient (Wildman–Crippen LogP) is 2.64. The van der Waals surface area contributed by atoms with Crippen molar-refractivity contribution in [1.29, 1.82) is 0 Å². The van der Waals surface area contributed by atoms with E-state index in [0.29, 0.717) is 5.92 Å². The van der Waals surface area contributed by atoms with Gasteiger partial charge in [-0.2, -0.15) is 0 Å². The quantitative estimate of drug-likeness (QED) is 0.825. The van der Waals surface area contributed by atoms with E-state index >= 15 is 0 Å². The van der Waals surface area contributed by atoms with Crippen molar-refractivity contribution in [2.45, 2.75) is 26.2 Å². The molecular weight excluding hydrogens is 214 g/mol. The molecule has 1 aromatic rings. The third kappa shape index (κ3) is 3.63. The van der Waals surface area contributed by atoms with Gasteiger partial charge in [0.2, 0.25) is 0 Å². The molecule has 1 N–H and O–H groups in total. The van der Waals surface area contributed by atoms with Crippen LogP contribution in [0.15, 0.2) is 18.2 Å². The smallest absolute Gasteiger partial charge is 0.142 e. The van der Waals surface area contributed by atoms with E-state index in [9.17, 15) is 0 Å². The first kappa shape index (κ1) is 13.8. The summed E-state index contributed by atoms with van der Waals surface area (Å²) < 4.78 is 5.43. The van der Waals surface area contributed by atoms with E-state index in [4.69, 9.17) is 9.84 Å². The molecule has 0 aliphatic carbocycles. The molecule has 0 spiro atoms. The lowest BCUT2D eigenvalue weighted by Crippen LogP contribution is -2.20. The first-order valence-electron chi connectivity index (χ1n) is 6.10. The summed E-state index contributed by atoms with van der Waals surface area (Å²) >= 11 is 0. The molecule has 3 heteroatoms. The van der Waals surface area contributed by atoms with E-state index in [2.05, 4.69) is 36.9 Å². The Morgan fingerprint density at radius 2 is 2.06 bits per heavy atom. The molecule has 0 radical (unpaired) electrons. The van der Waals surface area contributed by atoms with Crippen molar-refractivity contribution >= 4 is 5.69 Å². The Bertz CT molecular complexity index is 350. The summed E-state index contributed by atoms with van der Waals surface area (Å²) in [5.74, 6) is 1.40. The third-order valence-electron chi connectivity index (χ3n) is 2.93. The molecule has 1 rings (SSSR count). The van der Waals surface area contributed by atoms with Gasteiger partial charge in [-0.05, 0) is 30.0 Å². The summed E-state index contributed by atoms with van der Waals surface area (Å²) in [6.07, 6.45) is 0.769. The number of benzene rings is 1. The number of anilines is 1. The number of aliphatic hydroxyl groups excluding tert-OH is 1. The van der Waals surface area contributed by atoms with Gasteiger partial charge in [0, 0.05) is 20.2 Å². The van der Waals surface area contributed by atoms with Crippen LogP contribution in [-0.2, 0) is 0 Å². The minimum atomic E-state index is 0.219. The summed E-state index contributed by atoms with van der Waals surface area (Å²) in [6.45, 7) is 5.39. The van der Waals surface area contributed by atoms with E-state index < -0.39 is 0 Å². The molecule has 3 nitrogen and oxygen atoms in total. The molecule has 0 aliphatic rings. The van der Waals surface area contributed by atoms with Gasteiger partial charge in [0.15, 0.2) is 0 Å². The fourth-order valence-corrected chi connectivity index (χ4v) is 1.80. The summed E-state index contributed by atoms with van der Waals surface area (Å²) in [6, 6.07) is 6.32. The fourth-order valence-electron chi connectivity index (χ4n) is 1.80. The fraction of sp³-hybridized carbons (Fsp3) is 0.571. The number of aliphatic hydroxyl groups is 1. The van der Waals surface area contributed by atoms with Gasteiger partial charge < -0.3 is 14.7 Å². The van der Waals surface area contributed by atoms with Crippen molar-refractivity contribution in [3.05, 3.63) is 23.8 Å². The Labute approximate surface area is 104 Å². The van der Waals surface area contributed by atoms with Crippen LogP contribution >= 0.6 is 0 Å². The van der Waals surface area contributed by atoms with Gasteiger partial charge in [0.25, 0.3) is 0 Å². The molecule has 0 aromatic heterocycles. The Balaban J connectivity index is 2.91. The number of rotatable bonds is 6. The minimum absolute atomic E-state index is 0.219. The Morgan fingerprint density at radius 3 is 2.59 bits per heavy atom. The zero-order valence-electron chi connectivity index (χ0n) is 11.2. The van der Waals surface area contributed by atoms with Gasteiger partial charge in [-0.15, -0.1) is 0 Å². The average Bonchev–Trinajstić information content (AvgIpc) is 2.34. The number of ether oxygens (including phenoxy) is 1. The monoisotopic (exact) mass is 237 g/mol. The molecule has 0 saturated heterocycles. The number of hydrogen-bond acceptors (Lipinski definition) is 3. The maximum atomic E-state index is 8.85. The summed E-state index contributed by atoms with van der Waals surface area (Å²) in [4.78, 5) is 2.11. The van der Waals surface area contributed by atoms with Crippen molar-refractivity contribution in [3.63, 3.8) is 0 Å². The SMILES string of the molecule is COc1cc(C(C)C)ccc1N(C)CCCO. The van der Waals surface area contributed by atoms with Crippen LogP contribution in [0.3, 0.4) is 0 Å². The van der Waals surface area contributed by atoms with Crippen LogP contribution in [-0.4, -0.2) is 32.4 Å². The van der Waals surface area contributed by atoms with Crippen LogP contribution in [0, 0.1) is 0 Å². The Kier molecular flexibility index (Phi) is 5.29. The topological polar surface area (TPSA) is 32.7 Å². The van der Waals surface area contributed by atoms with Crippen molar-refractivity contribution in [1.82, 2.24) is 0 Å². The van der Waals surface area contributed by atoms with E-state index in [0.717, 1.165) is 24.4 Å². The van der Waals surface area contributed by atoms with Crippen LogP contribution in [0.1, 0.15) is 31.7 Å². The molecule has 0 bridgehead atoms. The molecule has 96 valence electrons.